The second-order valence-corrected chi connectivity index (χ2v) is 5.31. The van der Waals surface area contributed by atoms with Gasteiger partial charge in [-0.25, -0.2) is 0 Å². The lowest BCUT2D eigenvalue weighted by Gasteiger charge is -2.42. The number of piperidine rings is 1. The lowest BCUT2D eigenvalue weighted by molar-refractivity contribution is 0.122. The van der Waals surface area contributed by atoms with E-state index in [4.69, 9.17) is 0 Å². The summed E-state index contributed by atoms with van der Waals surface area (Å²) in [5.74, 6) is 0. The molecular formula is C15H24N2O. The summed E-state index contributed by atoms with van der Waals surface area (Å²) < 4.78 is 0. The van der Waals surface area contributed by atoms with Gasteiger partial charge in [0, 0.05) is 18.8 Å². The Morgan fingerprint density at radius 1 is 1.28 bits per heavy atom. The molecule has 0 spiro atoms. The highest BCUT2D eigenvalue weighted by Gasteiger charge is 2.33. The van der Waals surface area contributed by atoms with Crippen molar-refractivity contribution in [1.29, 1.82) is 0 Å². The first-order chi connectivity index (χ1) is 8.69. The SMILES string of the molecule is CCN1CCC(CO)(Nc2ccccc2C)CC1. The lowest BCUT2D eigenvalue weighted by Crippen LogP contribution is -2.51. The predicted octanol–water partition coefficient (Wildman–Crippen LogP) is 2.25. The Labute approximate surface area is 110 Å². The van der Waals surface area contributed by atoms with Crippen molar-refractivity contribution in [2.45, 2.75) is 32.2 Å². The van der Waals surface area contributed by atoms with Gasteiger partial charge in [0.2, 0.25) is 0 Å². The van der Waals surface area contributed by atoms with Crippen LogP contribution in [0.3, 0.4) is 0 Å². The molecule has 0 bridgehead atoms. The van der Waals surface area contributed by atoms with Gasteiger partial charge in [-0.15, -0.1) is 0 Å². The van der Waals surface area contributed by atoms with Gasteiger partial charge in [0.15, 0.2) is 0 Å². The zero-order chi connectivity index (χ0) is 13.0. The Bertz CT molecular complexity index is 384. The van der Waals surface area contributed by atoms with Gasteiger partial charge in [-0.1, -0.05) is 25.1 Å². The van der Waals surface area contributed by atoms with E-state index in [9.17, 15) is 5.11 Å². The molecule has 0 aliphatic carbocycles. The van der Waals surface area contributed by atoms with Crippen molar-refractivity contribution in [1.82, 2.24) is 4.90 Å². The van der Waals surface area contributed by atoms with Crippen molar-refractivity contribution in [2.75, 3.05) is 31.6 Å². The minimum atomic E-state index is -0.141. The van der Waals surface area contributed by atoms with E-state index in [-0.39, 0.29) is 12.1 Å². The van der Waals surface area contributed by atoms with Crippen molar-refractivity contribution in [2.24, 2.45) is 0 Å². The summed E-state index contributed by atoms with van der Waals surface area (Å²) in [7, 11) is 0. The summed E-state index contributed by atoms with van der Waals surface area (Å²) >= 11 is 0. The van der Waals surface area contributed by atoms with Gasteiger partial charge in [-0.3, -0.25) is 0 Å². The second kappa shape index (κ2) is 5.72. The third-order valence-electron chi connectivity index (χ3n) is 4.11. The van der Waals surface area contributed by atoms with Crippen LogP contribution in [0.5, 0.6) is 0 Å². The fourth-order valence-corrected chi connectivity index (χ4v) is 2.62. The van der Waals surface area contributed by atoms with E-state index in [1.165, 1.54) is 5.56 Å². The Balaban J connectivity index is 2.08. The number of benzene rings is 1. The molecule has 18 heavy (non-hydrogen) atoms. The van der Waals surface area contributed by atoms with E-state index in [0.29, 0.717) is 0 Å². The van der Waals surface area contributed by atoms with Crippen molar-refractivity contribution in [3.8, 4) is 0 Å². The van der Waals surface area contributed by atoms with E-state index in [1.807, 2.05) is 12.1 Å². The van der Waals surface area contributed by atoms with Crippen LogP contribution < -0.4 is 5.32 Å². The van der Waals surface area contributed by atoms with Crippen LogP contribution in [-0.2, 0) is 0 Å². The molecule has 0 radical (unpaired) electrons. The van der Waals surface area contributed by atoms with Crippen LogP contribution in [0.25, 0.3) is 0 Å². The van der Waals surface area contributed by atoms with Crippen molar-refractivity contribution >= 4 is 5.69 Å². The van der Waals surface area contributed by atoms with Crippen molar-refractivity contribution < 1.29 is 5.11 Å². The van der Waals surface area contributed by atoms with Crippen LogP contribution in [0.1, 0.15) is 25.3 Å². The molecule has 100 valence electrons. The van der Waals surface area contributed by atoms with Crippen LogP contribution in [0.15, 0.2) is 24.3 Å². The van der Waals surface area contributed by atoms with E-state index < -0.39 is 0 Å². The normalized spacial score (nSPS) is 19.7. The Morgan fingerprint density at radius 3 is 2.50 bits per heavy atom. The van der Waals surface area contributed by atoms with Crippen molar-refractivity contribution in [3.05, 3.63) is 29.8 Å². The van der Waals surface area contributed by atoms with Gasteiger partial charge in [0.25, 0.3) is 0 Å². The molecule has 3 nitrogen and oxygen atoms in total. The number of rotatable bonds is 4. The second-order valence-electron chi connectivity index (χ2n) is 5.31. The molecule has 0 aromatic heterocycles. The monoisotopic (exact) mass is 248 g/mol. The number of aliphatic hydroxyl groups excluding tert-OH is 1. The van der Waals surface area contributed by atoms with E-state index in [0.717, 1.165) is 38.2 Å². The number of aliphatic hydroxyl groups is 1. The number of hydrogen-bond acceptors (Lipinski definition) is 3. The predicted molar refractivity (Wildman–Crippen MR) is 76.0 cm³/mol. The van der Waals surface area contributed by atoms with Gasteiger partial charge >= 0.3 is 0 Å². The molecule has 1 aliphatic rings. The van der Waals surface area contributed by atoms with Gasteiger partial charge < -0.3 is 15.3 Å². The van der Waals surface area contributed by atoms with E-state index >= 15 is 0 Å². The molecule has 1 aliphatic heterocycles. The molecule has 2 rings (SSSR count). The zero-order valence-electron chi connectivity index (χ0n) is 11.4. The molecule has 0 unspecified atom stereocenters. The highest BCUT2D eigenvalue weighted by atomic mass is 16.3. The number of likely N-dealkylation sites (tertiary alicyclic amines) is 1. The van der Waals surface area contributed by atoms with E-state index in [1.54, 1.807) is 0 Å². The zero-order valence-corrected chi connectivity index (χ0v) is 11.4. The third-order valence-corrected chi connectivity index (χ3v) is 4.11. The van der Waals surface area contributed by atoms with Gasteiger partial charge in [-0.05, 0) is 37.9 Å². The van der Waals surface area contributed by atoms with Crippen LogP contribution >= 0.6 is 0 Å². The highest BCUT2D eigenvalue weighted by molar-refractivity contribution is 5.52. The molecule has 0 amide bonds. The maximum Gasteiger partial charge on any atom is 0.0662 e. The number of para-hydroxylation sites is 1. The number of aryl methyl sites for hydroxylation is 1. The summed E-state index contributed by atoms with van der Waals surface area (Å²) in [5, 5.41) is 13.4. The number of anilines is 1. The summed E-state index contributed by atoms with van der Waals surface area (Å²) in [6.45, 7) is 7.74. The first-order valence-corrected chi connectivity index (χ1v) is 6.86. The highest BCUT2D eigenvalue weighted by Crippen LogP contribution is 2.28. The first-order valence-electron chi connectivity index (χ1n) is 6.86. The van der Waals surface area contributed by atoms with Gasteiger partial charge in [-0.2, -0.15) is 0 Å². The fraction of sp³-hybridized carbons (Fsp3) is 0.600. The summed E-state index contributed by atoms with van der Waals surface area (Å²) in [6.07, 6.45) is 2.01. The Kier molecular flexibility index (Phi) is 4.25. The topological polar surface area (TPSA) is 35.5 Å². The fourth-order valence-electron chi connectivity index (χ4n) is 2.62. The first kappa shape index (κ1) is 13.4. The molecular weight excluding hydrogens is 224 g/mol. The van der Waals surface area contributed by atoms with Gasteiger partial charge in [0.05, 0.1) is 12.1 Å². The molecule has 0 atom stereocenters. The number of nitrogens with zero attached hydrogens (tertiary/aromatic N) is 1. The summed E-state index contributed by atoms with van der Waals surface area (Å²) in [5.41, 5.74) is 2.25. The molecule has 2 N–H and O–H groups in total. The molecule has 3 heteroatoms. The standard InChI is InChI=1S/C15H24N2O/c1-3-17-10-8-15(12-18,9-11-17)16-14-7-5-4-6-13(14)2/h4-7,16,18H,3,8-12H2,1-2H3. The summed E-state index contributed by atoms with van der Waals surface area (Å²) in [6, 6.07) is 8.29. The van der Waals surface area contributed by atoms with Crippen molar-refractivity contribution in [3.63, 3.8) is 0 Å². The van der Waals surface area contributed by atoms with Crippen LogP contribution in [-0.4, -0.2) is 41.8 Å². The molecule has 1 aromatic carbocycles. The number of nitrogens with one attached hydrogen (secondary N) is 1. The third kappa shape index (κ3) is 2.85. The maximum atomic E-state index is 9.77. The molecule has 1 fully saturated rings. The Hall–Kier alpha value is -1.06. The van der Waals surface area contributed by atoms with Crippen LogP contribution in [0.4, 0.5) is 5.69 Å². The molecule has 1 heterocycles. The maximum absolute atomic E-state index is 9.77. The quantitative estimate of drug-likeness (QED) is 0.858. The van der Waals surface area contributed by atoms with E-state index in [2.05, 4.69) is 36.2 Å². The minimum absolute atomic E-state index is 0.141. The average molecular weight is 248 g/mol. The Morgan fingerprint density at radius 2 is 1.94 bits per heavy atom. The van der Waals surface area contributed by atoms with Crippen LogP contribution in [0, 0.1) is 6.92 Å². The largest absolute Gasteiger partial charge is 0.394 e. The lowest BCUT2D eigenvalue weighted by atomic mass is 9.87. The average Bonchev–Trinajstić information content (AvgIpc) is 2.42. The molecule has 1 aromatic rings. The summed E-state index contributed by atoms with van der Waals surface area (Å²) in [4.78, 5) is 2.44. The molecule has 0 saturated carbocycles. The minimum Gasteiger partial charge on any atom is -0.394 e. The molecule has 1 saturated heterocycles. The smallest absolute Gasteiger partial charge is 0.0662 e. The number of hydrogen-bond donors (Lipinski definition) is 2. The van der Waals surface area contributed by atoms with Crippen LogP contribution in [0.2, 0.25) is 0 Å². The van der Waals surface area contributed by atoms with Gasteiger partial charge in [0.1, 0.15) is 0 Å².